The number of hydrogen-bond acceptors (Lipinski definition) is 3. The van der Waals surface area contributed by atoms with Crippen LogP contribution >= 0.6 is 0 Å². The van der Waals surface area contributed by atoms with E-state index in [1.54, 1.807) is 0 Å². The Kier molecular flexibility index (Phi) is 4.90. The lowest BCUT2D eigenvalue weighted by Crippen LogP contribution is -2.34. The van der Waals surface area contributed by atoms with Crippen molar-refractivity contribution in [3.63, 3.8) is 0 Å². The molecule has 0 aliphatic carbocycles. The molecule has 1 rings (SSSR count). The summed E-state index contributed by atoms with van der Waals surface area (Å²) >= 11 is 0. The third-order valence-corrected chi connectivity index (χ3v) is 3.04. The van der Waals surface area contributed by atoms with Crippen LogP contribution in [0.4, 0.5) is 0 Å². The second-order valence-electron chi connectivity index (χ2n) is 4.70. The van der Waals surface area contributed by atoms with Crippen molar-refractivity contribution in [1.29, 1.82) is 0 Å². The molecule has 0 saturated carbocycles. The Balaban J connectivity index is 2.41. The fourth-order valence-corrected chi connectivity index (χ4v) is 1.48. The SMILES string of the molecule is CCC(C)(CO)CNCc1cccc(C)n1. The van der Waals surface area contributed by atoms with Crippen molar-refractivity contribution in [2.75, 3.05) is 13.2 Å². The second-order valence-corrected chi connectivity index (χ2v) is 4.70. The number of rotatable bonds is 6. The minimum atomic E-state index is -0.0240. The molecule has 1 unspecified atom stereocenters. The highest BCUT2D eigenvalue weighted by atomic mass is 16.3. The van der Waals surface area contributed by atoms with Gasteiger partial charge in [0, 0.05) is 30.8 Å². The number of pyridine rings is 1. The van der Waals surface area contributed by atoms with Gasteiger partial charge in [-0.2, -0.15) is 0 Å². The highest BCUT2D eigenvalue weighted by Gasteiger charge is 2.19. The van der Waals surface area contributed by atoms with Crippen molar-refractivity contribution < 1.29 is 5.11 Å². The zero-order chi connectivity index (χ0) is 12.0. The summed E-state index contributed by atoms with van der Waals surface area (Å²) in [5.41, 5.74) is 2.07. The predicted octanol–water partition coefficient (Wildman–Crippen LogP) is 1.89. The van der Waals surface area contributed by atoms with Crippen LogP contribution in [-0.4, -0.2) is 23.2 Å². The van der Waals surface area contributed by atoms with Crippen molar-refractivity contribution in [2.24, 2.45) is 5.41 Å². The molecule has 3 nitrogen and oxygen atoms in total. The average Bonchev–Trinajstić information content (AvgIpc) is 2.29. The Morgan fingerprint density at radius 2 is 2.19 bits per heavy atom. The summed E-state index contributed by atoms with van der Waals surface area (Å²) in [5, 5.41) is 12.6. The Morgan fingerprint density at radius 3 is 2.75 bits per heavy atom. The quantitative estimate of drug-likeness (QED) is 0.772. The first-order valence-electron chi connectivity index (χ1n) is 5.84. The van der Waals surface area contributed by atoms with Crippen LogP contribution in [0.5, 0.6) is 0 Å². The zero-order valence-electron chi connectivity index (χ0n) is 10.5. The van der Waals surface area contributed by atoms with Gasteiger partial charge in [0.15, 0.2) is 0 Å². The largest absolute Gasteiger partial charge is 0.396 e. The third-order valence-electron chi connectivity index (χ3n) is 3.04. The maximum atomic E-state index is 9.27. The van der Waals surface area contributed by atoms with E-state index in [-0.39, 0.29) is 12.0 Å². The Bertz CT molecular complexity index is 321. The molecule has 1 heterocycles. The van der Waals surface area contributed by atoms with Crippen LogP contribution in [0.25, 0.3) is 0 Å². The topological polar surface area (TPSA) is 45.1 Å². The molecule has 1 aromatic heterocycles. The number of hydrogen-bond donors (Lipinski definition) is 2. The molecule has 0 radical (unpaired) electrons. The number of nitrogens with zero attached hydrogens (tertiary/aromatic N) is 1. The van der Waals surface area contributed by atoms with Gasteiger partial charge in [0.25, 0.3) is 0 Å². The minimum Gasteiger partial charge on any atom is -0.396 e. The van der Waals surface area contributed by atoms with Crippen LogP contribution in [0.1, 0.15) is 31.7 Å². The van der Waals surface area contributed by atoms with E-state index in [0.717, 1.165) is 30.9 Å². The highest BCUT2D eigenvalue weighted by Crippen LogP contribution is 2.18. The van der Waals surface area contributed by atoms with E-state index in [4.69, 9.17) is 0 Å². The van der Waals surface area contributed by atoms with Crippen molar-refractivity contribution in [1.82, 2.24) is 10.3 Å². The van der Waals surface area contributed by atoms with E-state index in [1.165, 1.54) is 0 Å². The van der Waals surface area contributed by atoms with Crippen molar-refractivity contribution >= 4 is 0 Å². The zero-order valence-corrected chi connectivity index (χ0v) is 10.5. The van der Waals surface area contributed by atoms with Crippen molar-refractivity contribution in [3.05, 3.63) is 29.6 Å². The fraction of sp³-hybridized carbons (Fsp3) is 0.615. The lowest BCUT2D eigenvalue weighted by atomic mass is 9.89. The van der Waals surface area contributed by atoms with Gasteiger partial charge in [0.1, 0.15) is 0 Å². The molecule has 0 fully saturated rings. The smallest absolute Gasteiger partial charge is 0.0544 e. The lowest BCUT2D eigenvalue weighted by molar-refractivity contribution is 0.135. The van der Waals surface area contributed by atoms with Gasteiger partial charge in [-0.3, -0.25) is 4.98 Å². The van der Waals surface area contributed by atoms with Gasteiger partial charge in [0.05, 0.1) is 5.69 Å². The molecule has 0 bridgehead atoms. The molecule has 0 spiro atoms. The molecular formula is C13H22N2O. The van der Waals surface area contributed by atoms with Crippen molar-refractivity contribution in [3.8, 4) is 0 Å². The summed E-state index contributed by atoms with van der Waals surface area (Å²) in [6, 6.07) is 6.03. The first-order chi connectivity index (χ1) is 7.59. The van der Waals surface area contributed by atoms with Crippen LogP contribution in [-0.2, 0) is 6.54 Å². The van der Waals surface area contributed by atoms with E-state index >= 15 is 0 Å². The summed E-state index contributed by atoms with van der Waals surface area (Å²) in [4.78, 5) is 4.42. The molecule has 0 aromatic carbocycles. The molecule has 0 saturated heterocycles. The van der Waals surface area contributed by atoms with Gasteiger partial charge in [-0.05, 0) is 25.5 Å². The summed E-state index contributed by atoms with van der Waals surface area (Å²) in [6.07, 6.45) is 0.970. The molecule has 0 aliphatic heterocycles. The van der Waals surface area contributed by atoms with Gasteiger partial charge in [0.2, 0.25) is 0 Å². The van der Waals surface area contributed by atoms with Gasteiger partial charge in [-0.15, -0.1) is 0 Å². The first-order valence-corrected chi connectivity index (χ1v) is 5.84. The van der Waals surface area contributed by atoms with Gasteiger partial charge in [-0.25, -0.2) is 0 Å². The summed E-state index contributed by atoms with van der Waals surface area (Å²) in [7, 11) is 0. The van der Waals surface area contributed by atoms with Crippen LogP contribution in [0, 0.1) is 12.3 Å². The summed E-state index contributed by atoms with van der Waals surface area (Å²) < 4.78 is 0. The van der Waals surface area contributed by atoms with Crippen LogP contribution < -0.4 is 5.32 Å². The molecule has 90 valence electrons. The molecule has 0 amide bonds. The average molecular weight is 222 g/mol. The second kappa shape index (κ2) is 5.97. The Morgan fingerprint density at radius 1 is 1.44 bits per heavy atom. The highest BCUT2D eigenvalue weighted by molar-refractivity contribution is 5.09. The summed E-state index contributed by atoms with van der Waals surface area (Å²) in [6.45, 7) is 7.98. The monoisotopic (exact) mass is 222 g/mol. The molecule has 1 atom stereocenters. The third kappa shape index (κ3) is 3.91. The molecule has 3 heteroatoms. The van der Waals surface area contributed by atoms with E-state index in [9.17, 15) is 5.11 Å². The molecule has 0 aliphatic rings. The number of nitrogens with one attached hydrogen (secondary N) is 1. The van der Waals surface area contributed by atoms with E-state index in [1.807, 2.05) is 25.1 Å². The van der Waals surface area contributed by atoms with Crippen LogP contribution in [0.15, 0.2) is 18.2 Å². The molecular weight excluding hydrogens is 200 g/mol. The number of aliphatic hydroxyl groups is 1. The lowest BCUT2D eigenvalue weighted by Gasteiger charge is -2.25. The van der Waals surface area contributed by atoms with Gasteiger partial charge < -0.3 is 10.4 Å². The Hall–Kier alpha value is -0.930. The normalized spacial score (nSPS) is 14.8. The number of aromatic nitrogens is 1. The predicted molar refractivity (Wildman–Crippen MR) is 66.2 cm³/mol. The minimum absolute atomic E-state index is 0.0240. The maximum absolute atomic E-state index is 9.27. The van der Waals surface area contributed by atoms with Crippen molar-refractivity contribution in [2.45, 2.75) is 33.7 Å². The maximum Gasteiger partial charge on any atom is 0.0544 e. The van der Waals surface area contributed by atoms with Gasteiger partial charge in [-0.1, -0.05) is 19.9 Å². The van der Waals surface area contributed by atoms with E-state index < -0.39 is 0 Å². The number of aliphatic hydroxyl groups excluding tert-OH is 1. The standard InChI is InChI=1S/C13H22N2O/c1-4-13(3,10-16)9-14-8-12-7-5-6-11(2)15-12/h5-7,14,16H,4,8-10H2,1-3H3. The molecule has 2 N–H and O–H groups in total. The molecule has 16 heavy (non-hydrogen) atoms. The Labute approximate surface area is 97.9 Å². The van der Waals surface area contributed by atoms with Crippen LogP contribution in [0.3, 0.4) is 0 Å². The van der Waals surface area contributed by atoms with E-state index in [0.29, 0.717) is 0 Å². The van der Waals surface area contributed by atoms with Crippen LogP contribution in [0.2, 0.25) is 0 Å². The number of aryl methyl sites for hydroxylation is 1. The summed E-state index contributed by atoms with van der Waals surface area (Å²) in [5.74, 6) is 0. The van der Waals surface area contributed by atoms with Gasteiger partial charge >= 0.3 is 0 Å². The van der Waals surface area contributed by atoms with E-state index in [2.05, 4.69) is 24.1 Å². The fourth-order valence-electron chi connectivity index (χ4n) is 1.48. The first kappa shape index (κ1) is 13.1. The molecule has 1 aromatic rings.